The van der Waals surface area contributed by atoms with Gasteiger partial charge in [0, 0.05) is 32.7 Å². The lowest BCUT2D eigenvalue weighted by Crippen LogP contribution is -2.65. The number of hydrogen-bond acceptors (Lipinski definition) is 2. The van der Waals surface area contributed by atoms with E-state index >= 15 is 0 Å². The number of fused-ring (bicyclic) bond motifs is 7. The second-order valence-corrected chi connectivity index (χ2v) is 19.2. The van der Waals surface area contributed by atoms with Crippen molar-refractivity contribution in [3.8, 4) is 0 Å². The van der Waals surface area contributed by atoms with Gasteiger partial charge < -0.3 is 4.90 Å². The summed E-state index contributed by atoms with van der Waals surface area (Å²) in [6.07, 6.45) is 15.3. The van der Waals surface area contributed by atoms with Gasteiger partial charge in [-0.15, -0.1) is 0 Å². The summed E-state index contributed by atoms with van der Waals surface area (Å²) in [6.45, 7) is 25.6. The van der Waals surface area contributed by atoms with Crippen LogP contribution in [0.5, 0.6) is 0 Å². The molecule has 0 spiro atoms. The Hall–Kier alpha value is -1.61. The van der Waals surface area contributed by atoms with Crippen molar-refractivity contribution in [3.05, 3.63) is 47.5 Å². The molecule has 0 radical (unpaired) electrons. The monoisotopic (exact) mass is 613 g/mol. The van der Waals surface area contributed by atoms with Crippen LogP contribution in [-0.4, -0.2) is 41.9 Å². The van der Waals surface area contributed by atoms with Crippen molar-refractivity contribution in [1.29, 1.82) is 0 Å². The average molecular weight is 613 g/mol. The van der Waals surface area contributed by atoms with Gasteiger partial charge in [0.25, 0.3) is 0 Å². The van der Waals surface area contributed by atoms with Crippen molar-refractivity contribution in [1.82, 2.24) is 9.80 Å². The zero-order chi connectivity index (χ0) is 32.0. The number of carbonyl (C=O) groups excluding carboxylic acids is 1. The van der Waals surface area contributed by atoms with Gasteiger partial charge in [-0.1, -0.05) is 97.4 Å². The fourth-order valence-corrected chi connectivity index (χ4v) is 13.1. The van der Waals surface area contributed by atoms with E-state index in [2.05, 4.69) is 102 Å². The molecular weight excluding hydrogens is 548 g/mol. The van der Waals surface area contributed by atoms with Gasteiger partial charge in [0.05, 0.1) is 5.41 Å². The number of hydrogen-bond donors (Lipinski definition) is 0. The third-order valence-electron chi connectivity index (χ3n) is 16.5. The molecule has 4 saturated carbocycles. The Morgan fingerprint density at radius 3 is 2.20 bits per heavy atom. The van der Waals surface area contributed by atoms with Crippen molar-refractivity contribution in [2.75, 3.05) is 26.2 Å². The lowest BCUT2D eigenvalue weighted by Gasteiger charge is -2.71. The van der Waals surface area contributed by atoms with Crippen LogP contribution in [0.2, 0.25) is 0 Å². The van der Waals surface area contributed by atoms with Gasteiger partial charge in [-0.05, 0) is 121 Å². The summed E-state index contributed by atoms with van der Waals surface area (Å²) in [4.78, 5) is 19.8. The Balaban J connectivity index is 1.18. The van der Waals surface area contributed by atoms with Crippen LogP contribution in [0.15, 0.2) is 42.0 Å². The van der Waals surface area contributed by atoms with Crippen molar-refractivity contribution in [2.45, 2.75) is 126 Å². The van der Waals surface area contributed by atoms with Crippen LogP contribution in [0.25, 0.3) is 0 Å². The first-order valence-corrected chi connectivity index (χ1v) is 18.9. The Bertz CT molecular complexity index is 1320. The van der Waals surface area contributed by atoms with Gasteiger partial charge in [0.15, 0.2) is 0 Å². The van der Waals surface area contributed by atoms with E-state index < -0.39 is 0 Å². The molecule has 0 aromatic heterocycles. The van der Waals surface area contributed by atoms with Crippen LogP contribution in [0.1, 0.15) is 125 Å². The van der Waals surface area contributed by atoms with Crippen molar-refractivity contribution in [2.24, 2.45) is 56.2 Å². The molecule has 248 valence electrons. The highest BCUT2D eigenvalue weighted by molar-refractivity contribution is 5.84. The lowest BCUT2D eigenvalue weighted by molar-refractivity contribution is -0.194. The Morgan fingerprint density at radius 1 is 0.800 bits per heavy atom. The number of rotatable bonds is 3. The summed E-state index contributed by atoms with van der Waals surface area (Å²) in [6, 6.07) is 10.8. The Labute approximate surface area is 276 Å². The molecule has 0 N–H and O–H groups in total. The van der Waals surface area contributed by atoms with Gasteiger partial charge >= 0.3 is 0 Å². The summed E-state index contributed by atoms with van der Waals surface area (Å²) in [5.74, 6) is 3.30. The van der Waals surface area contributed by atoms with Crippen molar-refractivity contribution < 1.29 is 4.79 Å². The predicted octanol–water partition coefficient (Wildman–Crippen LogP) is 9.77. The zero-order valence-corrected chi connectivity index (χ0v) is 30.2. The zero-order valence-electron chi connectivity index (χ0n) is 30.2. The number of nitrogens with zero attached hydrogens (tertiary/aromatic N) is 2. The Morgan fingerprint density at radius 2 is 1.49 bits per heavy atom. The molecule has 5 aliphatic carbocycles. The van der Waals surface area contributed by atoms with E-state index in [1.807, 2.05) is 0 Å². The van der Waals surface area contributed by atoms with Crippen molar-refractivity contribution in [3.63, 3.8) is 0 Å². The molecular formula is C42H64N2O. The van der Waals surface area contributed by atoms with E-state index in [4.69, 9.17) is 0 Å². The molecule has 7 rings (SSSR count). The van der Waals surface area contributed by atoms with Crippen LogP contribution in [0.3, 0.4) is 0 Å². The molecule has 1 aromatic rings. The first kappa shape index (κ1) is 32.0. The maximum atomic E-state index is 14.9. The third-order valence-corrected chi connectivity index (χ3v) is 16.5. The molecule has 6 aliphatic rings. The first-order chi connectivity index (χ1) is 21.2. The van der Waals surface area contributed by atoms with Crippen molar-refractivity contribution >= 4 is 5.91 Å². The van der Waals surface area contributed by atoms with Crippen LogP contribution in [0.4, 0.5) is 0 Å². The molecule has 8 atom stereocenters. The maximum absolute atomic E-state index is 14.9. The molecule has 0 unspecified atom stereocenters. The summed E-state index contributed by atoms with van der Waals surface area (Å²) in [5.41, 5.74) is 4.56. The number of amides is 1. The van der Waals surface area contributed by atoms with Gasteiger partial charge in [-0.3, -0.25) is 9.69 Å². The second-order valence-electron chi connectivity index (χ2n) is 19.2. The third kappa shape index (κ3) is 4.69. The standard InChI is InChI=1S/C42H64N2O/c1-30-16-18-39(6)34(38(30,4)5)17-19-41(8)35(39)15-14-32-33-28-37(2,3)20-22-42(33,23-21-40(32,41)7)36(45)44-26-24-43(25-27-44)29-31-12-10-9-11-13-31/h9-14,30,33-35H,15-29H2,1-8H3/t30-,33-,34-,35+,39-,40+,41+,42-/m0/s1. The molecule has 1 aromatic carbocycles. The number of piperazine rings is 1. The molecule has 3 nitrogen and oxygen atoms in total. The molecule has 45 heavy (non-hydrogen) atoms. The smallest absolute Gasteiger partial charge is 0.229 e. The minimum absolute atomic E-state index is 0.199. The SMILES string of the molecule is C[C@H]1CC[C@]2(C)[C@H]3CC=C4[C@@H]5CC(C)(C)CC[C@]5(C(=O)N5CCN(Cc6ccccc6)CC5)CC[C@@]4(C)[C@]3(C)CC[C@H]2C1(C)C. The molecule has 1 heterocycles. The number of carbonyl (C=O) groups is 1. The van der Waals surface area contributed by atoms with Gasteiger partial charge in [0.2, 0.25) is 5.91 Å². The summed E-state index contributed by atoms with van der Waals surface area (Å²) in [7, 11) is 0. The van der Waals surface area contributed by atoms with Gasteiger partial charge in [0.1, 0.15) is 0 Å². The summed E-state index contributed by atoms with van der Waals surface area (Å²) >= 11 is 0. The van der Waals surface area contributed by atoms with Gasteiger partial charge in [-0.2, -0.15) is 0 Å². The van der Waals surface area contributed by atoms with Crippen LogP contribution < -0.4 is 0 Å². The highest BCUT2D eigenvalue weighted by Crippen LogP contribution is 2.76. The minimum Gasteiger partial charge on any atom is -0.340 e. The highest BCUT2D eigenvalue weighted by Gasteiger charge is 2.69. The maximum Gasteiger partial charge on any atom is 0.229 e. The minimum atomic E-state index is -0.199. The Kier molecular flexibility index (Phi) is 7.60. The van der Waals surface area contributed by atoms with E-state index in [1.165, 1.54) is 56.9 Å². The number of benzene rings is 1. The van der Waals surface area contributed by atoms with E-state index in [0.29, 0.717) is 33.5 Å². The van der Waals surface area contributed by atoms with E-state index in [1.54, 1.807) is 5.57 Å². The number of allylic oxidation sites excluding steroid dienone is 2. The quantitative estimate of drug-likeness (QED) is 0.317. The first-order valence-electron chi connectivity index (χ1n) is 18.9. The summed E-state index contributed by atoms with van der Waals surface area (Å²) in [5, 5.41) is 0. The van der Waals surface area contributed by atoms with E-state index in [9.17, 15) is 4.79 Å². The van der Waals surface area contributed by atoms with Crippen LogP contribution >= 0.6 is 0 Å². The topological polar surface area (TPSA) is 23.6 Å². The predicted molar refractivity (Wildman–Crippen MR) is 187 cm³/mol. The molecule has 0 bridgehead atoms. The summed E-state index contributed by atoms with van der Waals surface area (Å²) < 4.78 is 0. The lowest BCUT2D eigenvalue weighted by atomic mass is 9.33. The molecule has 1 amide bonds. The fraction of sp³-hybridized carbons (Fsp3) is 0.786. The van der Waals surface area contributed by atoms with E-state index in [-0.39, 0.29) is 10.8 Å². The van der Waals surface area contributed by atoms with Crippen LogP contribution in [-0.2, 0) is 11.3 Å². The highest BCUT2D eigenvalue weighted by atomic mass is 16.2. The normalized spacial score (nSPS) is 44.1. The average Bonchev–Trinajstić information content (AvgIpc) is 3.00. The second kappa shape index (κ2) is 10.7. The largest absolute Gasteiger partial charge is 0.340 e. The fourth-order valence-electron chi connectivity index (χ4n) is 13.1. The molecule has 3 heteroatoms. The van der Waals surface area contributed by atoms with E-state index in [0.717, 1.165) is 63.3 Å². The molecule has 1 saturated heterocycles. The van der Waals surface area contributed by atoms with Crippen LogP contribution in [0, 0.1) is 56.2 Å². The molecule has 1 aliphatic heterocycles. The van der Waals surface area contributed by atoms with Gasteiger partial charge in [-0.25, -0.2) is 0 Å². The molecule has 5 fully saturated rings.